The number of phosphoric acid groups is 1. The van der Waals surface area contributed by atoms with E-state index in [1.807, 2.05) is 21.1 Å². The van der Waals surface area contributed by atoms with Crippen molar-refractivity contribution in [1.82, 2.24) is 0 Å². The van der Waals surface area contributed by atoms with E-state index in [0.29, 0.717) is 23.9 Å². The second-order valence-corrected chi connectivity index (χ2v) is 19.2. The molecule has 0 saturated carbocycles. The molecule has 62 heavy (non-hydrogen) atoms. The van der Waals surface area contributed by atoms with Crippen molar-refractivity contribution in [2.75, 3.05) is 47.5 Å². The highest BCUT2D eigenvalue weighted by atomic mass is 31.2. The van der Waals surface area contributed by atoms with Crippen LogP contribution in [-0.2, 0) is 32.7 Å². The largest absolute Gasteiger partial charge is 0.756 e. The van der Waals surface area contributed by atoms with Gasteiger partial charge in [0.25, 0.3) is 7.82 Å². The molecule has 0 aromatic carbocycles. The summed E-state index contributed by atoms with van der Waals surface area (Å²) >= 11 is 0. The zero-order chi connectivity index (χ0) is 45.7. The summed E-state index contributed by atoms with van der Waals surface area (Å²) in [5.74, 6) is -0.904. The average Bonchev–Trinajstić information content (AvgIpc) is 3.23. The smallest absolute Gasteiger partial charge is 0.306 e. The quantitative estimate of drug-likeness (QED) is 0.0195. The number of allylic oxidation sites excluding steroid dienone is 10. The molecule has 0 bridgehead atoms. The number of hydrogen-bond donors (Lipinski definition) is 0. The van der Waals surface area contributed by atoms with E-state index in [9.17, 15) is 19.0 Å². The zero-order valence-corrected chi connectivity index (χ0v) is 41.4. The minimum absolute atomic E-state index is 0.0429. The van der Waals surface area contributed by atoms with Crippen LogP contribution < -0.4 is 4.89 Å². The number of quaternary nitrogens is 1. The second-order valence-electron chi connectivity index (χ2n) is 17.8. The van der Waals surface area contributed by atoms with Gasteiger partial charge in [-0.3, -0.25) is 14.2 Å². The normalized spacial score (nSPS) is 14.0. The van der Waals surface area contributed by atoms with Crippen molar-refractivity contribution in [2.45, 2.75) is 213 Å². The summed E-state index contributed by atoms with van der Waals surface area (Å²) in [6, 6.07) is 0. The van der Waals surface area contributed by atoms with Crippen molar-refractivity contribution in [3.8, 4) is 0 Å². The lowest BCUT2D eigenvalue weighted by molar-refractivity contribution is -0.870. The van der Waals surface area contributed by atoms with Crippen molar-refractivity contribution < 1.29 is 42.1 Å². The number of esters is 2. The molecule has 2 atom stereocenters. The Labute approximate surface area is 381 Å². The molecular weight excluding hydrogens is 798 g/mol. The van der Waals surface area contributed by atoms with Gasteiger partial charge < -0.3 is 27.9 Å². The molecule has 10 heteroatoms. The number of ether oxygens (including phenoxy) is 2. The maximum absolute atomic E-state index is 12.7. The number of likely N-dealkylation sites (N-methyl/N-ethyl adjacent to an activating group) is 1. The van der Waals surface area contributed by atoms with Gasteiger partial charge in [-0.15, -0.1) is 0 Å². The maximum Gasteiger partial charge on any atom is 0.306 e. The molecule has 0 aromatic heterocycles. The van der Waals surface area contributed by atoms with E-state index in [1.54, 1.807) is 0 Å². The first-order chi connectivity index (χ1) is 30.0. The number of carbonyl (C=O) groups excluding carboxylic acids is 2. The number of hydrogen-bond acceptors (Lipinski definition) is 8. The number of phosphoric ester groups is 1. The fourth-order valence-corrected chi connectivity index (χ4v) is 7.36. The Morgan fingerprint density at radius 2 is 0.952 bits per heavy atom. The van der Waals surface area contributed by atoms with Crippen LogP contribution in [0, 0.1) is 0 Å². The molecule has 0 radical (unpaired) electrons. The molecule has 0 N–H and O–H groups in total. The van der Waals surface area contributed by atoms with Crippen molar-refractivity contribution in [2.24, 2.45) is 0 Å². The summed E-state index contributed by atoms with van der Waals surface area (Å²) in [5.41, 5.74) is 0. The van der Waals surface area contributed by atoms with Gasteiger partial charge in [0.15, 0.2) is 6.10 Å². The van der Waals surface area contributed by atoms with Crippen LogP contribution in [0.15, 0.2) is 60.8 Å². The van der Waals surface area contributed by atoms with Crippen molar-refractivity contribution in [3.63, 3.8) is 0 Å². The fraction of sp³-hybridized carbons (Fsp3) is 0.769. The van der Waals surface area contributed by atoms with Gasteiger partial charge in [-0.2, -0.15) is 0 Å². The van der Waals surface area contributed by atoms with Gasteiger partial charge in [-0.1, -0.05) is 177 Å². The lowest BCUT2D eigenvalue weighted by Gasteiger charge is -2.28. The highest BCUT2D eigenvalue weighted by molar-refractivity contribution is 7.45. The van der Waals surface area contributed by atoms with Crippen molar-refractivity contribution in [1.29, 1.82) is 0 Å². The summed E-state index contributed by atoms with van der Waals surface area (Å²) in [5, 5.41) is 0. The summed E-state index contributed by atoms with van der Waals surface area (Å²) < 4.78 is 33.9. The SMILES string of the molecule is CC/C=C/C/C=C/C/C=C/CCCCCCCC(=O)OC[C@H](COP(=O)([O-])OCC[N+](C)(C)C)OC(=O)CCC/C=C/CC/C=C/CCCCCCCCCCCCCCCC. The molecule has 0 spiro atoms. The highest BCUT2D eigenvalue weighted by Crippen LogP contribution is 2.38. The number of nitrogens with zero attached hydrogens (tertiary/aromatic N) is 1. The zero-order valence-electron chi connectivity index (χ0n) is 40.6. The molecule has 0 aliphatic rings. The van der Waals surface area contributed by atoms with Gasteiger partial charge in [0.05, 0.1) is 27.7 Å². The van der Waals surface area contributed by atoms with Gasteiger partial charge in [0.1, 0.15) is 19.8 Å². The van der Waals surface area contributed by atoms with E-state index >= 15 is 0 Å². The van der Waals surface area contributed by atoms with E-state index in [2.05, 4.69) is 74.6 Å². The minimum atomic E-state index is -4.65. The van der Waals surface area contributed by atoms with E-state index in [-0.39, 0.29) is 26.1 Å². The van der Waals surface area contributed by atoms with Crippen LogP contribution in [-0.4, -0.2) is 70.0 Å². The molecule has 0 aliphatic carbocycles. The van der Waals surface area contributed by atoms with Gasteiger partial charge in [-0.05, 0) is 77.0 Å². The predicted octanol–water partition coefficient (Wildman–Crippen LogP) is 14.2. The monoisotopic (exact) mass is 892 g/mol. The molecule has 0 saturated heterocycles. The Balaban J connectivity index is 4.32. The standard InChI is InChI=1S/C52H94NO8P/c1-6-8-10-12-14-16-18-20-22-23-24-25-26-27-28-29-31-33-35-37-39-41-43-45-52(55)61-50(49-60-62(56,57)59-47-46-53(3,4)5)48-58-51(54)44-42-40-38-36-34-32-30-21-19-17-15-13-11-9-7-2/h9,11,15,17,21,29-31,37,39,50H,6-8,10,12-14,16,18-20,22-28,32-36,38,40-49H2,1-5H3/b11-9+,17-15+,30-21+,31-29+,39-37+/t50-/m1/s1. The Kier molecular flexibility index (Phi) is 42.3. The van der Waals surface area contributed by atoms with Gasteiger partial charge in [0, 0.05) is 12.8 Å². The lowest BCUT2D eigenvalue weighted by Crippen LogP contribution is -2.37. The molecule has 0 amide bonds. The first kappa shape index (κ1) is 59.7. The van der Waals surface area contributed by atoms with Crippen LogP contribution in [0.2, 0.25) is 0 Å². The van der Waals surface area contributed by atoms with Crippen LogP contribution in [0.5, 0.6) is 0 Å². The molecule has 0 heterocycles. The molecular formula is C52H94NO8P. The molecule has 0 fully saturated rings. The van der Waals surface area contributed by atoms with Crippen molar-refractivity contribution >= 4 is 19.8 Å². The van der Waals surface area contributed by atoms with Crippen LogP contribution in [0.4, 0.5) is 0 Å². The maximum atomic E-state index is 12.7. The molecule has 1 unspecified atom stereocenters. The van der Waals surface area contributed by atoms with Gasteiger partial charge >= 0.3 is 11.9 Å². The topological polar surface area (TPSA) is 111 Å². The van der Waals surface area contributed by atoms with Crippen LogP contribution in [0.1, 0.15) is 206 Å². The lowest BCUT2D eigenvalue weighted by atomic mass is 10.0. The first-order valence-electron chi connectivity index (χ1n) is 25.0. The minimum Gasteiger partial charge on any atom is -0.756 e. The average molecular weight is 892 g/mol. The summed E-state index contributed by atoms with van der Waals surface area (Å²) in [6.07, 6.45) is 54.1. The first-order valence-corrected chi connectivity index (χ1v) is 26.5. The fourth-order valence-electron chi connectivity index (χ4n) is 6.63. The molecule has 0 aromatic rings. The Morgan fingerprint density at radius 3 is 1.48 bits per heavy atom. The number of rotatable bonds is 45. The molecule has 9 nitrogen and oxygen atoms in total. The third kappa shape index (κ3) is 47.2. The van der Waals surface area contributed by atoms with Gasteiger partial charge in [0.2, 0.25) is 0 Å². The van der Waals surface area contributed by atoms with E-state index in [4.69, 9.17) is 18.5 Å². The van der Waals surface area contributed by atoms with E-state index in [0.717, 1.165) is 77.0 Å². The van der Waals surface area contributed by atoms with E-state index in [1.165, 1.54) is 89.9 Å². The molecule has 0 aliphatic heterocycles. The van der Waals surface area contributed by atoms with Crippen LogP contribution in [0.3, 0.4) is 0 Å². The highest BCUT2D eigenvalue weighted by Gasteiger charge is 2.21. The Morgan fingerprint density at radius 1 is 0.516 bits per heavy atom. The van der Waals surface area contributed by atoms with Crippen molar-refractivity contribution in [3.05, 3.63) is 60.8 Å². The Hall–Kier alpha value is -2.29. The van der Waals surface area contributed by atoms with Crippen LogP contribution in [0.25, 0.3) is 0 Å². The molecule has 360 valence electrons. The third-order valence-electron chi connectivity index (χ3n) is 10.5. The number of carbonyl (C=O) groups is 2. The Bertz CT molecular complexity index is 1240. The second kappa shape index (κ2) is 43.9. The molecule has 0 rings (SSSR count). The predicted molar refractivity (Wildman–Crippen MR) is 259 cm³/mol. The third-order valence-corrected chi connectivity index (χ3v) is 11.5. The summed E-state index contributed by atoms with van der Waals surface area (Å²) in [4.78, 5) is 37.6. The van der Waals surface area contributed by atoms with E-state index < -0.39 is 32.5 Å². The number of unbranched alkanes of at least 4 members (excludes halogenated alkanes) is 21. The summed E-state index contributed by atoms with van der Waals surface area (Å²) in [6.45, 7) is 4.06. The van der Waals surface area contributed by atoms with Gasteiger partial charge in [-0.25, -0.2) is 0 Å². The summed E-state index contributed by atoms with van der Waals surface area (Å²) in [7, 11) is 1.13. The van der Waals surface area contributed by atoms with Crippen LogP contribution >= 0.6 is 7.82 Å².